The number of ether oxygens (including phenoxy) is 4. The second kappa shape index (κ2) is 17.8. The molecule has 14 nitrogen and oxygen atoms in total. The average molecular weight is 807 g/mol. The molecule has 2 heterocycles. The molecule has 0 aromatic carbocycles. The van der Waals surface area contributed by atoms with Crippen LogP contribution in [0.4, 0.5) is 9.59 Å². The molecule has 0 atom stereocenters. The lowest BCUT2D eigenvalue weighted by molar-refractivity contribution is -0.663. The van der Waals surface area contributed by atoms with Crippen molar-refractivity contribution in [3.05, 3.63) is 0 Å². The summed E-state index contributed by atoms with van der Waals surface area (Å²) < 4.78 is 21.5. The Bertz CT molecular complexity index is 1100. The Balaban J connectivity index is 0.744. The highest BCUT2D eigenvalue weighted by molar-refractivity contribution is 8.76. The maximum atomic E-state index is 12.3. The average Bonchev–Trinajstić information content (AvgIpc) is 3.14. The van der Waals surface area contributed by atoms with Gasteiger partial charge in [-0.05, 0) is 74.0 Å². The molecule has 4 aliphatic carbocycles. The van der Waals surface area contributed by atoms with Crippen molar-refractivity contribution in [3.63, 3.8) is 0 Å². The van der Waals surface area contributed by atoms with E-state index in [9.17, 15) is 9.59 Å². The fraction of sp³-hybridized carbons (Fsp3) is 0.947. The molecule has 0 aromatic rings. The summed E-state index contributed by atoms with van der Waals surface area (Å²) in [6.07, 6.45) is 8.96. The molecule has 6 aliphatic rings. The van der Waals surface area contributed by atoms with Gasteiger partial charge in [0.1, 0.15) is 25.4 Å². The Morgan fingerprint density at radius 2 is 0.741 bits per heavy atom. The molecule has 0 N–H and O–H groups in total. The molecule has 4 spiro atoms. The standard InChI is InChI=1S/C38H62O14S2/c1-33(2,3)27-7-15-35(16-8-27)45-49-37(50-46-35)19-11-29(12-20-37)43-31(39)41-23-25-53-54-26-24-42-32(40)44-30-13-21-38(22-14-30)51-47-36(48-52-38)17-9-28(10-18-36)34(4,5)6/h27-30H,7-26H2,1-6H3. The minimum atomic E-state index is -0.982. The molecular formula is C38H62O14S2. The van der Waals surface area contributed by atoms with Gasteiger partial charge < -0.3 is 18.9 Å². The fourth-order valence-corrected chi connectivity index (χ4v) is 9.90. The monoisotopic (exact) mass is 806 g/mol. The largest absolute Gasteiger partial charge is 0.508 e. The fourth-order valence-electron chi connectivity index (χ4n) is 8.25. The third kappa shape index (κ3) is 11.3. The zero-order valence-electron chi connectivity index (χ0n) is 33.0. The van der Waals surface area contributed by atoms with Crippen LogP contribution in [0.5, 0.6) is 0 Å². The van der Waals surface area contributed by atoms with Crippen molar-refractivity contribution in [2.45, 2.75) is 180 Å². The smallest absolute Gasteiger partial charge is 0.433 e. The van der Waals surface area contributed by atoms with E-state index >= 15 is 0 Å². The number of carbonyl (C=O) groups excluding carboxylic acids is 2. The lowest BCUT2D eigenvalue weighted by atomic mass is 9.71. The van der Waals surface area contributed by atoms with Gasteiger partial charge in [-0.3, -0.25) is 0 Å². The molecule has 310 valence electrons. The van der Waals surface area contributed by atoms with Gasteiger partial charge in [0.05, 0.1) is 0 Å². The van der Waals surface area contributed by atoms with Gasteiger partial charge in [-0.15, -0.1) is 0 Å². The molecule has 0 radical (unpaired) electrons. The van der Waals surface area contributed by atoms with Crippen LogP contribution < -0.4 is 0 Å². The van der Waals surface area contributed by atoms with Crippen molar-refractivity contribution in [2.24, 2.45) is 22.7 Å². The van der Waals surface area contributed by atoms with Gasteiger partial charge in [0.25, 0.3) is 0 Å². The van der Waals surface area contributed by atoms with Crippen molar-refractivity contribution in [1.29, 1.82) is 0 Å². The van der Waals surface area contributed by atoms with Gasteiger partial charge in [-0.1, -0.05) is 63.1 Å². The van der Waals surface area contributed by atoms with E-state index in [2.05, 4.69) is 41.5 Å². The van der Waals surface area contributed by atoms with Gasteiger partial charge >= 0.3 is 12.3 Å². The van der Waals surface area contributed by atoms with E-state index in [0.717, 1.165) is 51.4 Å². The van der Waals surface area contributed by atoms with Crippen LogP contribution in [-0.4, -0.2) is 72.4 Å². The van der Waals surface area contributed by atoms with Crippen LogP contribution in [0.2, 0.25) is 0 Å². The summed E-state index contributed by atoms with van der Waals surface area (Å²) in [5.74, 6) is -1.32. The third-order valence-electron chi connectivity index (χ3n) is 12.1. The molecule has 6 fully saturated rings. The Kier molecular flexibility index (Phi) is 14.0. The van der Waals surface area contributed by atoms with Crippen molar-refractivity contribution in [1.82, 2.24) is 0 Å². The number of hydrogen-bond donors (Lipinski definition) is 0. The van der Waals surface area contributed by atoms with E-state index in [4.69, 9.17) is 58.0 Å². The highest BCUT2D eigenvalue weighted by Crippen LogP contribution is 2.50. The van der Waals surface area contributed by atoms with Crippen molar-refractivity contribution < 1.29 is 67.6 Å². The lowest BCUT2D eigenvalue weighted by Crippen LogP contribution is -2.54. The highest BCUT2D eigenvalue weighted by Gasteiger charge is 2.54. The molecule has 6 rings (SSSR count). The van der Waals surface area contributed by atoms with E-state index in [1.165, 1.54) is 21.6 Å². The number of rotatable bonds is 9. The Hall–Kier alpha value is -1.08. The first kappa shape index (κ1) is 42.5. The first-order chi connectivity index (χ1) is 25.6. The molecule has 16 heteroatoms. The Morgan fingerprint density at radius 1 is 0.481 bits per heavy atom. The van der Waals surface area contributed by atoms with Gasteiger partial charge in [0.2, 0.25) is 23.1 Å². The summed E-state index contributed by atoms with van der Waals surface area (Å²) in [5.41, 5.74) is 0.496. The maximum Gasteiger partial charge on any atom is 0.508 e. The van der Waals surface area contributed by atoms with Gasteiger partial charge in [0.15, 0.2) is 0 Å². The summed E-state index contributed by atoms with van der Waals surface area (Å²) in [5, 5.41) is 0. The van der Waals surface area contributed by atoms with Gasteiger partial charge in [-0.25, -0.2) is 9.59 Å². The normalized spacial score (nSPS) is 37.7. The molecule has 0 unspecified atom stereocenters. The minimum Gasteiger partial charge on any atom is -0.433 e. The first-order valence-corrected chi connectivity index (χ1v) is 22.5. The van der Waals surface area contributed by atoms with Crippen molar-refractivity contribution in [2.75, 3.05) is 24.7 Å². The van der Waals surface area contributed by atoms with E-state index in [0.29, 0.717) is 74.7 Å². The van der Waals surface area contributed by atoms with Crippen molar-refractivity contribution in [3.8, 4) is 0 Å². The van der Waals surface area contributed by atoms with Gasteiger partial charge in [0, 0.05) is 62.9 Å². The quantitative estimate of drug-likeness (QED) is 0.0942. The molecule has 0 aromatic heterocycles. The van der Waals surface area contributed by atoms with Crippen molar-refractivity contribution >= 4 is 33.9 Å². The minimum absolute atomic E-state index is 0.202. The SMILES string of the molecule is CC(C)(C)C1CCC2(CC1)OOC1(CCC(OC(=O)OCCSSCCOC(=O)OC3CCC4(CC3)OOC3(CCC(C(C)(C)C)CC3)OO4)CC1)OO2. The number of hydrogen-bond acceptors (Lipinski definition) is 16. The maximum absolute atomic E-state index is 12.3. The van der Waals surface area contributed by atoms with E-state index in [1.807, 2.05) is 0 Å². The van der Waals surface area contributed by atoms with Crippen LogP contribution in [-0.2, 0) is 58.0 Å². The highest BCUT2D eigenvalue weighted by atomic mass is 33.1. The summed E-state index contributed by atoms with van der Waals surface area (Å²) in [6.45, 7) is 14.0. The Labute approximate surface area is 327 Å². The summed E-state index contributed by atoms with van der Waals surface area (Å²) in [6, 6.07) is 0. The molecule has 2 saturated heterocycles. The van der Waals surface area contributed by atoms with Crippen LogP contribution in [0.3, 0.4) is 0 Å². The first-order valence-electron chi connectivity index (χ1n) is 20.0. The second-order valence-electron chi connectivity index (χ2n) is 18.1. The predicted molar refractivity (Wildman–Crippen MR) is 197 cm³/mol. The molecule has 54 heavy (non-hydrogen) atoms. The van der Waals surface area contributed by atoms with E-state index < -0.39 is 35.5 Å². The second-order valence-corrected chi connectivity index (χ2v) is 20.8. The summed E-state index contributed by atoms with van der Waals surface area (Å²) in [4.78, 5) is 71.1. The van der Waals surface area contributed by atoms with E-state index in [-0.39, 0.29) is 36.3 Å². The zero-order valence-corrected chi connectivity index (χ0v) is 34.6. The lowest BCUT2D eigenvalue weighted by Gasteiger charge is -2.48. The number of carbonyl (C=O) groups is 2. The molecule has 0 amide bonds. The molecular weight excluding hydrogens is 745 g/mol. The van der Waals surface area contributed by atoms with Crippen LogP contribution in [0, 0.1) is 22.7 Å². The summed E-state index contributed by atoms with van der Waals surface area (Å²) >= 11 is 0. The predicted octanol–water partition coefficient (Wildman–Crippen LogP) is 9.64. The molecule has 2 aliphatic heterocycles. The Morgan fingerprint density at radius 3 is 1.00 bits per heavy atom. The van der Waals surface area contributed by atoms with Crippen LogP contribution in [0.15, 0.2) is 0 Å². The van der Waals surface area contributed by atoms with Crippen LogP contribution in [0.25, 0.3) is 0 Å². The molecule has 0 bridgehead atoms. The van der Waals surface area contributed by atoms with Crippen LogP contribution in [0.1, 0.15) is 144 Å². The van der Waals surface area contributed by atoms with Crippen LogP contribution >= 0.6 is 21.6 Å². The van der Waals surface area contributed by atoms with E-state index in [1.54, 1.807) is 0 Å². The zero-order chi connectivity index (χ0) is 38.5. The third-order valence-corrected chi connectivity index (χ3v) is 14.4. The van der Waals surface area contributed by atoms with Gasteiger partial charge in [-0.2, -0.15) is 39.1 Å². The summed E-state index contributed by atoms with van der Waals surface area (Å²) in [7, 11) is 3.03. The molecule has 4 saturated carbocycles. The topological polar surface area (TPSA) is 145 Å².